The highest BCUT2D eigenvalue weighted by molar-refractivity contribution is 6.32. The van der Waals surface area contributed by atoms with Crippen LogP contribution in [0.2, 0.25) is 0 Å². The number of oxazole rings is 6. The molecule has 25 rings (SSSR count). The van der Waals surface area contributed by atoms with Crippen molar-refractivity contribution in [2.75, 3.05) is 0 Å². The predicted molar refractivity (Wildman–Crippen MR) is 539 cm³/mol. The SMILES string of the molecule is CC.Cc1cc(C)cc(-c2nc3c4cccc5ccc6cccc(c3o2)c6c54)c1.Cc1cc(C)cc(-c2nc3c4ccccc4c4ccccc4c3o2)c1.Cc1cc(C)cc(-c2nc3cc4ccccc4cc3o2)c1.Cc1cc(C)cc(-c2nc3ccc4ccccc4c3o2)c1.Cc1cc(C)cc(-c2nc3ccccc3o2)c1.Cc1cc(C)cc(-c2nc3ccccc3o2)c1. The standard InChI is InChI=1S/C25H17NO.C23H17NO.2C19H15NO.2C15H13NO.C2H6/c1-14-11-15(2)13-18(12-14)25-26-23-19-7-3-5-16-9-10-17-6-4-8-20(24(23)27-25)22(17)21(16)19;1-14-11-15(2)13-16(12-14)23-24-21-19-9-5-3-7-17(19)18-8-4-6-10-20(18)22(21)25-23;1-12-7-13(2)9-16(8-12)19-20-17-10-14-5-3-4-6-15(14)11-18(17)21-19;1-12-9-13(2)11-15(10-12)19-20-17-8-7-14-5-3-4-6-16(14)18(17)21-19;2*1-10-7-11(2)9-12(8-10)15-16-13-5-3-4-6-14(13)17-15;1-2/h3-13H,1-2H3;3-13H,1-2H3;2*3-11H,1-2H3;2*3-9H,1-2H3;1-2H3. The Bertz CT molecular complexity index is 8060. The predicted octanol–water partition coefficient (Wildman–Crippen LogP) is 33.2. The molecule has 6 heterocycles. The van der Waals surface area contributed by atoms with Gasteiger partial charge in [0, 0.05) is 65.7 Å². The number of rotatable bonds is 6. The summed E-state index contributed by atoms with van der Waals surface area (Å²) in [6.07, 6.45) is 0. The molecule has 25 aromatic rings. The molecule has 0 radical (unpaired) electrons. The van der Waals surface area contributed by atoms with E-state index in [2.05, 4.69) is 352 Å². The quantitative estimate of drug-likeness (QED) is 0.145. The van der Waals surface area contributed by atoms with Crippen LogP contribution < -0.4 is 0 Å². The Morgan fingerprint density at radius 2 is 0.454 bits per heavy atom. The first-order valence-corrected chi connectivity index (χ1v) is 44.2. The lowest BCUT2D eigenvalue weighted by Crippen LogP contribution is -1.85. The number of aryl methyl sites for hydroxylation is 12. The third kappa shape index (κ3) is 17.1. The van der Waals surface area contributed by atoms with E-state index in [9.17, 15) is 0 Å². The van der Waals surface area contributed by atoms with Gasteiger partial charge in [-0.2, -0.15) is 0 Å². The molecule has 0 aliphatic carbocycles. The van der Waals surface area contributed by atoms with Crippen molar-refractivity contribution in [2.45, 2.75) is 96.9 Å². The molecule has 0 bridgehead atoms. The molecule has 130 heavy (non-hydrogen) atoms. The molecule has 0 fully saturated rings. The molecule has 0 spiro atoms. The number of hydrogen-bond acceptors (Lipinski definition) is 12. The first-order chi connectivity index (χ1) is 63.2. The van der Waals surface area contributed by atoms with Gasteiger partial charge in [0.25, 0.3) is 0 Å². The van der Waals surface area contributed by atoms with Crippen molar-refractivity contribution >= 4 is 142 Å². The Labute approximate surface area is 753 Å². The number of fused-ring (bicyclic) bond motifs is 16. The highest BCUT2D eigenvalue weighted by Crippen LogP contribution is 2.44. The number of para-hydroxylation sites is 4. The van der Waals surface area contributed by atoms with E-state index in [0.29, 0.717) is 35.3 Å². The second kappa shape index (κ2) is 35.5. The van der Waals surface area contributed by atoms with Crippen LogP contribution in [0.4, 0.5) is 0 Å². The van der Waals surface area contributed by atoms with Gasteiger partial charge in [0.15, 0.2) is 33.5 Å². The smallest absolute Gasteiger partial charge is 0.227 e. The van der Waals surface area contributed by atoms with E-state index in [0.717, 1.165) is 127 Å². The number of nitrogens with zero attached hydrogens (tertiary/aromatic N) is 6. The van der Waals surface area contributed by atoms with Gasteiger partial charge in [-0.25, -0.2) is 29.9 Å². The van der Waals surface area contributed by atoms with Gasteiger partial charge in [0.2, 0.25) is 35.3 Å². The van der Waals surface area contributed by atoms with Crippen LogP contribution >= 0.6 is 0 Å². The average Bonchev–Trinajstić information content (AvgIpc) is 1.68. The van der Waals surface area contributed by atoms with Crippen molar-refractivity contribution in [3.05, 3.63) is 394 Å². The molecule has 0 N–H and O–H groups in total. The lowest BCUT2D eigenvalue weighted by molar-refractivity contribution is 0.619. The summed E-state index contributed by atoms with van der Waals surface area (Å²) in [6, 6.07) is 113. The Morgan fingerprint density at radius 3 is 0.900 bits per heavy atom. The molecule has 6 aromatic heterocycles. The van der Waals surface area contributed by atoms with E-state index in [1.165, 1.54) is 115 Å². The minimum absolute atomic E-state index is 0.684. The lowest BCUT2D eigenvalue weighted by atomic mass is 9.93. The van der Waals surface area contributed by atoms with E-state index >= 15 is 0 Å². The molecule has 634 valence electrons. The van der Waals surface area contributed by atoms with Crippen LogP contribution in [-0.4, -0.2) is 29.9 Å². The van der Waals surface area contributed by atoms with Gasteiger partial charge in [-0.1, -0.05) is 293 Å². The molecule has 12 heteroatoms. The highest BCUT2D eigenvalue weighted by Gasteiger charge is 2.22. The van der Waals surface area contributed by atoms with Crippen LogP contribution in [0.25, 0.3) is 211 Å². The van der Waals surface area contributed by atoms with Crippen molar-refractivity contribution in [2.24, 2.45) is 0 Å². The van der Waals surface area contributed by atoms with E-state index in [4.69, 9.17) is 36.5 Å². The molecule has 0 atom stereocenters. The Kier molecular flexibility index (Phi) is 22.8. The monoisotopic (exact) mass is 1690 g/mol. The first-order valence-electron chi connectivity index (χ1n) is 44.2. The summed E-state index contributed by atoms with van der Waals surface area (Å²) in [4.78, 5) is 28.1. The van der Waals surface area contributed by atoms with Crippen molar-refractivity contribution in [3.8, 4) is 68.7 Å². The fourth-order valence-corrected chi connectivity index (χ4v) is 18.1. The fraction of sp³-hybridized carbons (Fsp3) is 0.119. The zero-order chi connectivity index (χ0) is 89.5. The molecule has 0 saturated heterocycles. The van der Waals surface area contributed by atoms with Gasteiger partial charge < -0.3 is 26.5 Å². The zero-order valence-corrected chi connectivity index (χ0v) is 75.3. The second-order valence-electron chi connectivity index (χ2n) is 33.9. The van der Waals surface area contributed by atoms with Gasteiger partial charge >= 0.3 is 0 Å². The van der Waals surface area contributed by atoms with Crippen molar-refractivity contribution in [3.63, 3.8) is 0 Å². The summed E-state index contributed by atoms with van der Waals surface area (Å²) in [5.41, 5.74) is 31.5. The maximum atomic E-state index is 6.37. The topological polar surface area (TPSA) is 156 Å². The van der Waals surface area contributed by atoms with Crippen LogP contribution in [-0.2, 0) is 0 Å². The maximum absolute atomic E-state index is 6.37. The number of hydrogen-bond donors (Lipinski definition) is 0. The molecule has 0 unspecified atom stereocenters. The van der Waals surface area contributed by atoms with Gasteiger partial charge in [-0.15, -0.1) is 0 Å². The van der Waals surface area contributed by atoms with E-state index < -0.39 is 0 Å². The van der Waals surface area contributed by atoms with Gasteiger partial charge in [0.05, 0.1) is 0 Å². The summed E-state index contributed by atoms with van der Waals surface area (Å²) in [5, 5.41) is 16.6. The Morgan fingerprint density at radius 1 is 0.169 bits per heavy atom. The van der Waals surface area contributed by atoms with Gasteiger partial charge in [-0.05, 0) is 241 Å². The van der Waals surface area contributed by atoms with Crippen LogP contribution in [0.3, 0.4) is 0 Å². The highest BCUT2D eigenvalue weighted by atomic mass is 16.4. The van der Waals surface area contributed by atoms with Crippen molar-refractivity contribution in [1.29, 1.82) is 0 Å². The molecule has 0 saturated carbocycles. The van der Waals surface area contributed by atoms with Crippen molar-refractivity contribution in [1.82, 2.24) is 29.9 Å². The zero-order valence-electron chi connectivity index (χ0n) is 75.3. The second-order valence-corrected chi connectivity index (χ2v) is 33.9. The van der Waals surface area contributed by atoms with Gasteiger partial charge in [0.1, 0.15) is 33.1 Å². The fourth-order valence-electron chi connectivity index (χ4n) is 18.1. The summed E-state index contributed by atoms with van der Waals surface area (Å²) < 4.78 is 36.2. The van der Waals surface area contributed by atoms with Crippen molar-refractivity contribution < 1.29 is 26.5 Å². The Hall–Kier alpha value is -15.9. The largest absolute Gasteiger partial charge is 0.436 e. The van der Waals surface area contributed by atoms with E-state index in [1.54, 1.807) is 0 Å². The van der Waals surface area contributed by atoms with E-state index in [1.807, 2.05) is 92.7 Å². The lowest BCUT2D eigenvalue weighted by Gasteiger charge is -2.10. The third-order valence-electron chi connectivity index (χ3n) is 23.2. The van der Waals surface area contributed by atoms with Crippen LogP contribution in [0.5, 0.6) is 0 Å². The average molecular weight is 1690 g/mol. The normalized spacial score (nSPS) is 11.3. The summed E-state index contributed by atoms with van der Waals surface area (Å²) in [6.45, 7) is 29.1. The molecular weight excluding hydrogens is 1600 g/mol. The minimum Gasteiger partial charge on any atom is -0.436 e. The molecule has 12 nitrogen and oxygen atoms in total. The van der Waals surface area contributed by atoms with Crippen LogP contribution in [0.15, 0.2) is 354 Å². The maximum Gasteiger partial charge on any atom is 0.227 e. The molecule has 0 amide bonds. The molecular formula is C118H96N6O6. The Balaban J connectivity index is 0.000000101. The third-order valence-corrected chi connectivity index (χ3v) is 23.2. The molecule has 0 aliphatic heterocycles. The molecule has 0 aliphatic rings. The van der Waals surface area contributed by atoms with E-state index in [-0.39, 0.29) is 0 Å². The van der Waals surface area contributed by atoms with Crippen LogP contribution in [0.1, 0.15) is 80.6 Å². The summed E-state index contributed by atoms with van der Waals surface area (Å²) in [7, 11) is 0. The first kappa shape index (κ1) is 83.6. The minimum atomic E-state index is 0.684. The van der Waals surface area contributed by atoms with Gasteiger partial charge in [-0.3, -0.25) is 0 Å². The van der Waals surface area contributed by atoms with Crippen LogP contribution in [0, 0.1) is 83.1 Å². The summed E-state index contributed by atoms with van der Waals surface area (Å²) >= 11 is 0. The molecule has 19 aromatic carbocycles. The summed E-state index contributed by atoms with van der Waals surface area (Å²) in [5.74, 6) is 4.13. The number of aromatic nitrogens is 6. The number of benzene rings is 19.